The average Bonchev–Trinajstić information content (AvgIpc) is 2.52. The van der Waals surface area contributed by atoms with Crippen molar-refractivity contribution in [3.8, 4) is 0 Å². The fraction of sp³-hybridized carbons (Fsp3) is 0.0625. The highest BCUT2D eigenvalue weighted by Gasteiger charge is 2.05. The van der Waals surface area contributed by atoms with Crippen molar-refractivity contribution >= 4 is 29.3 Å². The second kappa shape index (κ2) is 7.38. The first-order valence-electron chi connectivity index (χ1n) is 6.39. The summed E-state index contributed by atoms with van der Waals surface area (Å²) in [6.45, 7) is 0.0453. The van der Waals surface area contributed by atoms with E-state index in [2.05, 4.69) is 0 Å². The molecule has 5 nitrogen and oxygen atoms in total. The van der Waals surface area contributed by atoms with Gasteiger partial charge in [-0.25, -0.2) is 4.79 Å². The van der Waals surface area contributed by atoms with Crippen LogP contribution in [0.4, 0.5) is 5.69 Å². The first-order valence-corrected chi connectivity index (χ1v) is 6.77. The van der Waals surface area contributed by atoms with E-state index in [-0.39, 0.29) is 12.3 Å². The van der Waals surface area contributed by atoms with Crippen LogP contribution in [0.3, 0.4) is 0 Å². The number of rotatable bonds is 5. The van der Waals surface area contributed by atoms with E-state index in [0.29, 0.717) is 10.6 Å². The van der Waals surface area contributed by atoms with Crippen LogP contribution in [0.1, 0.15) is 11.1 Å². The summed E-state index contributed by atoms with van der Waals surface area (Å²) in [6, 6.07) is 12.9. The monoisotopic (exact) mass is 317 g/mol. The molecule has 2 rings (SSSR count). The number of hydrogen-bond donors (Lipinski definition) is 0. The summed E-state index contributed by atoms with van der Waals surface area (Å²) in [4.78, 5) is 21.7. The van der Waals surface area contributed by atoms with Gasteiger partial charge in [0.2, 0.25) is 0 Å². The number of esters is 1. The Hall–Kier alpha value is -2.66. The Morgan fingerprint density at radius 2 is 1.86 bits per heavy atom. The van der Waals surface area contributed by atoms with Crippen molar-refractivity contribution in [3.05, 3.63) is 80.9 Å². The molecule has 0 N–H and O–H groups in total. The van der Waals surface area contributed by atoms with E-state index in [1.807, 2.05) is 6.07 Å². The van der Waals surface area contributed by atoms with Gasteiger partial charge in [-0.3, -0.25) is 10.1 Å². The van der Waals surface area contributed by atoms with Crippen molar-refractivity contribution in [3.63, 3.8) is 0 Å². The van der Waals surface area contributed by atoms with Crippen molar-refractivity contribution in [1.29, 1.82) is 0 Å². The lowest BCUT2D eigenvalue weighted by atomic mass is 10.2. The molecular weight excluding hydrogens is 306 g/mol. The van der Waals surface area contributed by atoms with Crippen molar-refractivity contribution < 1.29 is 14.5 Å². The number of nitrogens with zero attached hydrogens (tertiary/aromatic N) is 1. The van der Waals surface area contributed by atoms with Crippen LogP contribution in [0.5, 0.6) is 0 Å². The van der Waals surface area contributed by atoms with Gasteiger partial charge in [0.05, 0.1) is 4.92 Å². The van der Waals surface area contributed by atoms with Crippen molar-refractivity contribution in [2.24, 2.45) is 0 Å². The lowest BCUT2D eigenvalue weighted by Crippen LogP contribution is -2.00. The van der Waals surface area contributed by atoms with Crippen LogP contribution in [-0.2, 0) is 16.1 Å². The number of nitro groups is 1. The standard InChI is InChI=1S/C16H12ClNO4/c17-15-4-2-1-3-13(15)7-10-16(19)22-11-12-5-8-14(9-6-12)18(20)21/h1-10H,11H2/b10-7+. The number of ether oxygens (including phenoxy) is 1. The molecule has 0 saturated carbocycles. The quantitative estimate of drug-likeness (QED) is 0.361. The second-order valence-corrected chi connectivity index (χ2v) is 4.79. The number of carbonyl (C=O) groups excluding carboxylic acids is 1. The minimum absolute atomic E-state index is 0.00584. The maximum absolute atomic E-state index is 11.6. The molecule has 0 atom stereocenters. The van der Waals surface area contributed by atoms with Crippen LogP contribution < -0.4 is 0 Å². The molecule has 0 aliphatic rings. The largest absolute Gasteiger partial charge is 0.458 e. The fourth-order valence-corrected chi connectivity index (χ4v) is 1.88. The Morgan fingerprint density at radius 1 is 1.18 bits per heavy atom. The molecule has 22 heavy (non-hydrogen) atoms. The Balaban J connectivity index is 1.90. The molecule has 2 aromatic rings. The lowest BCUT2D eigenvalue weighted by molar-refractivity contribution is -0.384. The summed E-state index contributed by atoms with van der Waals surface area (Å²) in [7, 11) is 0. The Bertz CT molecular complexity index is 710. The molecule has 0 amide bonds. The summed E-state index contributed by atoms with van der Waals surface area (Å²) >= 11 is 5.96. The normalized spacial score (nSPS) is 10.6. The number of non-ortho nitro benzene ring substituents is 1. The van der Waals surface area contributed by atoms with E-state index < -0.39 is 10.9 Å². The summed E-state index contributed by atoms with van der Waals surface area (Å²) in [5.41, 5.74) is 1.38. The molecule has 0 fully saturated rings. The van der Waals surface area contributed by atoms with E-state index in [4.69, 9.17) is 16.3 Å². The molecule has 0 aromatic heterocycles. The highest BCUT2D eigenvalue weighted by Crippen LogP contribution is 2.16. The van der Waals surface area contributed by atoms with Crippen LogP contribution in [0.15, 0.2) is 54.6 Å². The number of nitro benzene ring substituents is 1. The van der Waals surface area contributed by atoms with Crippen LogP contribution in [0, 0.1) is 10.1 Å². The number of benzene rings is 2. The van der Waals surface area contributed by atoms with Crippen molar-refractivity contribution in [2.45, 2.75) is 6.61 Å². The molecule has 2 aromatic carbocycles. The lowest BCUT2D eigenvalue weighted by Gasteiger charge is -2.02. The third kappa shape index (κ3) is 4.43. The third-order valence-electron chi connectivity index (χ3n) is 2.83. The number of hydrogen-bond acceptors (Lipinski definition) is 4. The molecule has 0 spiro atoms. The van der Waals surface area contributed by atoms with Gasteiger partial charge in [0.15, 0.2) is 0 Å². The van der Waals surface area contributed by atoms with E-state index in [1.165, 1.54) is 18.2 Å². The maximum atomic E-state index is 11.6. The van der Waals surface area contributed by atoms with Gasteiger partial charge in [-0.1, -0.05) is 29.8 Å². The van der Waals surface area contributed by atoms with Gasteiger partial charge in [-0.15, -0.1) is 0 Å². The van der Waals surface area contributed by atoms with Gasteiger partial charge in [-0.05, 0) is 35.4 Å². The van der Waals surface area contributed by atoms with Crippen LogP contribution in [0.25, 0.3) is 6.08 Å². The van der Waals surface area contributed by atoms with E-state index in [1.54, 1.807) is 36.4 Å². The summed E-state index contributed by atoms with van der Waals surface area (Å²) in [5, 5.41) is 11.1. The zero-order chi connectivity index (χ0) is 15.9. The van der Waals surface area contributed by atoms with E-state index in [0.717, 1.165) is 5.56 Å². The van der Waals surface area contributed by atoms with Crippen LogP contribution >= 0.6 is 11.6 Å². The molecule has 6 heteroatoms. The maximum Gasteiger partial charge on any atom is 0.331 e. The molecule has 0 saturated heterocycles. The Morgan fingerprint density at radius 3 is 2.50 bits per heavy atom. The van der Waals surface area contributed by atoms with Gasteiger partial charge in [-0.2, -0.15) is 0 Å². The summed E-state index contributed by atoms with van der Waals surface area (Å²) in [5.74, 6) is -0.515. The predicted molar refractivity (Wildman–Crippen MR) is 83.4 cm³/mol. The van der Waals surface area contributed by atoms with Gasteiger partial charge in [0, 0.05) is 23.2 Å². The minimum Gasteiger partial charge on any atom is -0.458 e. The Kier molecular flexibility index (Phi) is 5.27. The van der Waals surface area contributed by atoms with Crippen molar-refractivity contribution in [1.82, 2.24) is 0 Å². The molecular formula is C16H12ClNO4. The molecule has 0 radical (unpaired) electrons. The first kappa shape index (κ1) is 15.7. The average molecular weight is 318 g/mol. The molecule has 112 valence electrons. The van der Waals surface area contributed by atoms with Gasteiger partial charge >= 0.3 is 5.97 Å². The van der Waals surface area contributed by atoms with E-state index >= 15 is 0 Å². The summed E-state index contributed by atoms with van der Waals surface area (Å²) in [6.07, 6.45) is 2.85. The molecule has 0 bridgehead atoms. The zero-order valence-electron chi connectivity index (χ0n) is 11.4. The molecule has 0 aliphatic carbocycles. The second-order valence-electron chi connectivity index (χ2n) is 4.39. The van der Waals surface area contributed by atoms with Crippen molar-refractivity contribution in [2.75, 3.05) is 0 Å². The van der Waals surface area contributed by atoms with Gasteiger partial charge in [0.25, 0.3) is 5.69 Å². The molecule has 0 unspecified atom stereocenters. The number of halogens is 1. The molecule has 0 heterocycles. The highest BCUT2D eigenvalue weighted by atomic mass is 35.5. The summed E-state index contributed by atoms with van der Waals surface area (Å²) < 4.78 is 5.05. The van der Waals surface area contributed by atoms with Crippen LogP contribution in [0.2, 0.25) is 5.02 Å². The zero-order valence-corrected chi connectivity index (χ0v) is 12.2. The third-order valence-corrected chi connectivity index (χ3v) is 3.18. The van der Waals surface area contributed by atoms with Gasteiger partial charge < -0.3 is 4.74 Å². The van der Waals surface area contributed by atoms with Gasteiger partial charge in [0.1, 0.15) is 6.61 Å². The van der Waals surface area contributed by atoms with E-state index in [9.17, 15) is 14.9 Å². The molecule has 0 aliphatic heterocycles. The number of carbonyl (C=O) groups is 1. The first-order chi connectivity index (χ1) is 10.6. The topological polar surface area (TPSA) is 69.4 Å². The highest BCUT2D eigenvalue weighted by molar-refractivity contribution is 6.32. The fourth-order valence-electron chi connectivity index (χ4n) is 1.68. The predicted octanol–water partition coefficient (Wildman–Crippen LogP) is 4.00. The SMILES string of the molecule is O=C(/C=C/c1ccccc1Cl)OCc1ccc([N+](=O)[O-])cc1. The smallest absolute Gasteiger partial charge is 0.331 e. The van der Waals surface area contributed by atoms with Crippen LogP contribution in [-0.4, -0.2) is 10.9 Å². The minimum atomic E-state index is -0.515. The Labute approximate surface area is 131 Å².